The summed E-state index contributed by atoms with van der Waals surface area (Å²) in [6.45, 7) is 7.71. The van der Waals surface area contributed by atoms with Gasteiger partial charge in [0.05, 0.1) is 12.7 Å². The van der Waals surface area contributed by atoms with E-state index in [2.05, 4.69) is 56.5 Å². The Balaban J connectivity index is 2.06. The summed E-state index contributed by atoms with van der Waals surface area (Å²) in [5.74, 6) is 0. The molecule has 0 radical (unpaired) electrons. The number of fused-ring (bicyclic) bond motifs is 4. The van der Waals surface area contributed by atoms with Crippen LogP contribution in [0, 0.1) is 5.41 Å². The summed E-state index contributed by atoms with van der Waals surface area (Å²) >= 11 is 1.82. The second-order valence-electron chi connectivity index (χ2n) is 6.96. The summed E-state index contributed by atoms with van der Waals surface area (Å²) < 4.78 is 6.20. The van der Waals surface area contributed by atoms with E-state index in [-0.39, 0.29) is 11.5 Å². The lowest BCUT2D eigenvalue weighted by molar-refractivity contribution is 0.0727. The maximum atomic E-state index is 6.20. The Kier molecular flexibility index (Phi) is 2.88. The van der Waals surface area contributed by atoms with Gasteiger partial charge in [0, 0.05) is 11.3 Å². The van der Waals surface area contributed by atoms with Gasteiger partial charge in [-0.2, -0.15) is 0 Å². The second-order valence-corrected chi connectivity index (χ2v) is 7.96. The van der Waals surface area contributed by atoms with Crippen LogP contribution in [0.15, 0.2) is 35.7 Å². The number of rotatable bonds is 0. The molecule has 2 aliphatic rings. The first-order valence-corrected chi connectivity index (χ1v) is 8.45. The highest BCUT2D eigenvalue weighted by molar-refractivity contribution is 7.10. The van der Waals surface area contributed by atoms with Crippen LogP contribution in [0.5, 0.6) is 0 Å². The lowest BCUT2D eigenvalue weighted by Crippen LogP contribution is -2.30. The molecule has 2 aromatic rings. The van der Waals surface area contributed by atoms with Crippen molar-refractivity contribution in [2.45, 2.75) is 39.9 Å². The Bertz CT molecular complexity index is 730. The van der Waals surface area contributed by atoms with Gasteiger partial charge in [-0.25, -0.2) is 0 Å². The molecule has 1 aliphatic heterocycles. The fourth-order valence-electron chi connectivity index (χ4n) is 3.68. The summed E-state index contributed by atoms with van der Waals surface area (Å²) in [6.07, 6.45) is 1.22. The summed E-state index contributed by atoms with van der Waals surface area (Å²) in [6, 6.07) is 11.1. The normalized spacial score (nSPS) is 20.8. The predicted octanol–water partition coefficient (Wildman–Crippen LogP) is 5.16. The Morgan fingerprint density at radius 1 is 1.10 bits per heavy atom. The third-order valence-corrected chi connectivity index (χ3v) is 5.38. The molecule has 4 rings (SSSR count). The zero-order valence-corrected chi connectivity index (χ0v) is 13.6. The van der Waals surface area contributed by atoms with Gasteiger partial charge >= 0.3 is 0 Å². The van der Waals surface area contributed by atoms with E-state index in [9.17, 15) is 0 Å². The molecule has 0 spiro atoms. The van der Waals surface area contributed by atoms with Gasteiger partial charge in [0.15, 0.2) is 0 Å². The van der Waals surface area contributed by atoms with E-state index in [1.807, 2.05) is 11.3 Å². The van der Waals surface area contributed by atoms with Gasteiger partial charge in [-0.15, -0.1) is 11.3 Å². The van der Waals surface area contributed by atoms with E-state index in [0.717, 1.165) is 13.0 Å². The smallest absolute Gasteiger partial charge is 0.0879 e. The van der Waals surface area contributed by atoms with E-state index < -0.39 is 0 Å². The molecule has 1 unspecified atom stereocenters. The van der Waals surface area contributed by atoms with Crippen molar-refractivity contribution < 1.29 is 4.74 Å². The standard InChI is InChI=1S/C19H20OS/c1-19(2,3)18-13-7-5-4-6-12(13)10-15-17(18)14-8-9-21-16(14)11-20-15/h4-9,15H,10-11H2,1-3H3. The fourth-order valence-corrected chi connectivity index (χ4v) is 4.49. The lowest BCUT2D eigenvalue weighted by Gasteiger charge is -2.38. The minimum absolute atomic E-state index is 0.115. The summed E-state index contributed by atoms with van der Waals surface area (Å²) in [4.78, 5) is 1.38. The molecule has 0 N–H and O–H groups in total. The van der Waals surface area contributed by atoms with Gasteiger partial charge in [0.1, 0.15) is 0 Å². The molecule has 0 fully saturated rings. The zero-order chi connectivity index (χ0) is 14.6. The minimum atomic E-state index is 0.115. The van der Waals surface area contributed by atoms with Crippen LogP contribution in [0.2, 0.25) is 0 Å². The maximum Gasteiger partial charge on any atom is 0.0879 e. The zero-order valence-electron chi connectivity index (χ0n) is 12.8. The number of hydrogen-bond acceptors (Lipinski definition) is 2. The fraction of sp³-hybridized carbons (Fsp3) is 0.368. The molecule has 108 valence electrons. The molecule has 1 nitrogen and oxygen atoms in total. The molecular weight excluding hydrogens is 276 g/mol. The van der Waals surface area contributed by atoms with Crippen LogP contribution in [-0.2, 0) is 17.8 Å². The highest BCUT2D eigenvalue weighted by atomic mass is 32.1. The first kappa shape index (κ1) is 13.3. The van der Waals surface area contributed by atoms with Crippen molar-refractivity contribution in [1.29, 1.82) is 0 Å². The van der Waals surface area contributed by atoms with E-state index in [0.29, 0.717) is 0 Å². The topological polar surface area (TPSA) is 9.23 Å². The van der Waals surface area contributed by atoms with Crippen molar-refractivity contribution in [3.05, 3.63) is 57.3 Å². The molecule has 1 aliphatic carbocycles. The molecule has 21 heavy (non-hydrogen) atoms. The number of ether oxygens (including phenoxy) is 1. The van der Waals surface area contributed by atoms with E-state index in [1.54, 1.807) is 0 Å². The van der Waals surface area contributed by atoms with E-state index >= 15 is 0 Å². The monoisotopic (exact) mass is 296 g/mol. The molecule has 1 atom stereocenters. The van der Waals surface area contributed by atoms with Crippen molar-refractivity contribution in [2.75, 3.05) is 0 Å². The molecule has 2 heterocycles. The highest BCUT2D eigenvalue weighted by Crippen LogP contribution is 2.49. The lowest BCUT2D eigenvalue weighted by atomic mass is 9.70. The van der Waals surface area contributed by atoms with Gasteiger partial charge in [-0.3, -0.25) is 0 Å². The first-order valence-electron chi connectivity index (χ1n) is 7.57. The number of benzene rings is 1. The van der Waals surface area contributed by atoms with Crippen molar-refractivity contribution >= 4 is 22.5 Å². The number of allylic oxidation sites excluding steroid dienone is 1. The summed E-state index contributed by atoms with van der Waals surface area (Å²) in [5, 5.41) is 2.20. The predicted molar refractivity (Wildman–Crippen MR) is 89.3 cm³/mol. The van der Waals surface area contributed by atoms with Crippen molar-refractivity contribution in [3.63, 3.8) is 0 Å². The first-order chi connectivity index (χ1) is 10.1. The van der Waals surface area contributed by atoms with Gasteiger partial charge in [-0.1, -0.05) is 45.0 Å². The molecule has 1 aromatic carbocycles. The molecule has 1 aromatic heterocycles. The van der Waals surface area contributed by atoms with Crippen molar-refractivity contribution in [2.24, 2.45) is 5.41 Å². The Labute approximate surface area is 130 Å². The molecular formula is C19H20OS. The summed E-state index contributed by atoms with van der Waals surface area (Å²) in [5.41, 5.74) is 7.28. The number of hydrogen-bond donors (Lipinski definition) is 0. The average molecular weight is 296 g/mol. The van der Waals surface area contributed by atoms with Crippen LogP contribution in [-0.4, -0.2) is 6.10 Å². The van der Waals surface area contributed by atoms with Crippen LogP contribution < -0.4 is 0 Å². The van der Waals surface area contributed by atoms with E-state index in [1.165, 1.54) is 32.7 Å². The maximum absolute atomic E-state index is 6.20. The highest BCUT2D eigenvalue weighted by Gasteiger charge is 2.37. The third-order valence-electron chi connectivity index (χ3n) is 4.48. The van der Waals surface area contributed by atoms with Crippen LogP contribution in [0.25, 0.3) is 11.1 Å². The van der Waals surface area contributed by atoms with Gasteiger partial charge < -0.3 is 4.74 Å². The number of thiophene rings is 1. The average Bonchev–Trinajstić information content (AvgIpc) is 2.92. The molecule has 2 heteroatoms. The Morgan fingerprint density at radius 2 is 1.90 bits per heavy atom. The van der Waals surface area contributed by atoms with Crippen molar-refractivity contribution in [1.82, 2.24) is 0 Å². The largest absolute Gasteiger partial charge is 0.368 e. The second kappa shape index (κ2) is 4.56. The summed E-state index contributed by atoms with van der Waals surface area (Å²) in [7, 11) is 0. The molecule has 0 amide bonds. The van der Waals surface area contributed by atoms with Crippen molar-refractivity contribution in [3.8, 4) is 0 Å². The van der Waals surface area contributed by atoms with Crippen LogP contribution >= 0.6 is 11.3 Å². The Morgan fingerprint density at radius 3 is 2.71 bits per heavy atom. The minimum Gasteiger partial charge on any atom is -0.368 e. The third kappa shape index (κ3) is 2.01. The SMILES string of the molecule is CC(C)(C)C1=C2c3ccsc3COC2Cc2ccccc21. The van der Waals surface area contributed by atoms with Crippen LogP contribution in [0.4, 0.5) is 0 Å². The Hall–Kier alpha value is -1.38. The molecule has 0 bridgehead atoms. The van der Waals surface area contributed by atoms with Crippen LogP contribution in [0.3, 0.4) is 0 Å². The molecule has 0 saturated carbocycles. The quantitative estimate of drug-likeness (QED) is 0.652. The molecule has 0 saturated heterocycles. The van der Waals surface area contributed by atoms with Gasteiger partial charge in [0.2, 0.25) is 0 Å². The van der Waals surface area contributed by atoms with E-state index in [4.69, 9.17) is 4.74 Å². The van der Waals surface area contributed by atoms with Crippen LogP contribution in [0.1, 0.15) is 42.3 Å². The van der Waals surface area contributed by atoms with Gasteiger partial charge in [0.25, 0.3) is 0 Å². The van der Waals surface area contributed by atoms with Gasteiger partial charge in [-0.05, 0) is 44.7 Å².